The van der Waals surface area contributed by atoms with Crippen LogP contribution in [0.1, 0.15) is 27.5 Å². The van der Waals surface area contributed by atoms with E-state index in [9.17, 15) is 14.4 Å². The molecule has 0 spiro atoms. The molecule has 1 aromatic heterocycles. The van der Waals surface area contributed by atoms with E-state index < -0.39 is 23.3 Å². The number of nitrogens with zero attached hydrogens (tertiary/aromatic N) is 2. The molecule has 0 aliphatic rings. The lowest BCUT2D eigenvalue weighted by Crippen LogP contribution is -2.44. The second-order valence-corrected chi connectivity index (χ2v) is 8.64. The molecule has 0 unspecified atom stereocenters. The van der Waals surface area contributed by atoms with E-state index in [1.54, 1.807) is 35.2 Å². The van der Waals surface area contributed by atoms with Crippen LogP contribution < -0.4 is 5.56 Å². The average molecular weight is 485 g/mol. The highest BCUT2D eigenvalue weighted by Gasteiger charge is 2.34. The molecule has 1 heterocycles. The molecular weight excluding hydrogens is 460 g/mol. The molecule has 4 rings (SSSR count). The van der Waals surface area contributed by atoms with Crippen molar-refractivity contribution in [2.75, 3.05) is 6.54 Å². The van der Waals surface area contributed by atoms with Crippen molar-refractivity contribution in [1.29, 1.82) is 0 Å². The molecule has 0 fully saturated rings. The molecule has 1 atom stereocenters. The molecule has 0 aliphatic heterocycles. The van der Waals surface area contributed by atoms with E-state index in [4.69, 9.17) is 11.6 Å². The van der Waals surface area contributed by atoms with Gasteiger partial charge in [0.2, 0.25) is 0 Å². The highest BCUT2D eigenvalue weighted by molar-refractivity contribution is 6.30. The monoisotopic (exact) mass is 484 g/mol. The molecule has 6 heteroatoms. The molecule has 3 aromatic carbocycles. The van der Waals surface area contributed by atoms with E-state index in [1.807, 2.05) is 60.7 Å². The first-order chi connectivity index (χ1) is 17.0. The number of hydrogen-bond donors (Lipinski definition) is 0. The van der Waals surface area contributed by atoms with Gasteiger partial charge in [-0.3, -0.25) is 19.0 Å². The summed E-state index contributed by atoms with van der Waals surface area (Å²) in [6, 6.07) is 29.3. The smallest absolute Gasteiger partial charge is 0.254 e. The summed E-state index contributed by atoms with van der Waals surface area (Å²) in [5, 5.41) is 0.266. The fourth-order valence-corrected chi connectivity index (χ4v) is 4.12. The Balaban J connectivity index is 1.74. The van der Waals surface area contributed by atoms with Gasteiger partial charge in [0, 0.05) is 30.9 Å². The molecular formula is C29H25ClN2O3. The number of rotatable bonds is 9. The fraction of sp³-hybridized carbons (Fsp3) is 0.138. The Morgan fingerprint density at radius 1 is 0.771 bits per heavy atom. The quantitative estimate of drug-likeness (QED) is 0.242. The van der Waals surface area contributed by atoms with Crippen LogP contribution in [0.5, 0.6) is 0 Å². The Morgan fingerprint density at radius 2 is 1.34 bits per heavy atom. The number of ketones is 1. The summed E-state index contributed by atoms with van der Waals surface area (Å²) < 4.78 is 1.14. The summed E-state index contributed by atoms with van der Waals surface area (Å²) in [4.78, 5) is 42.1. The van der Waals surface area contributed by atoms with Crippen molar-refractivity contribution in [2.45, 2.75) is 19.0 Å². The van der Waals surface area contributed by atoms with Gasteiger partial charge in [0.15, 0.2) is 11.8 Å². The maximum absolute atomic E-state index is 14.1. The largest absolute Gasteiger partial charge is 0.336 e. The zero-order valence-corrected chi connectivity index (χ0v) is 19.8. The van der Waals surface area contributed by atoms with Crippen LogP contribution in [-0.4, -0.2) is 27.7 Å². The molecule has 0 saturated heterocycles. The van der Waals surface area contributed by atoms with E-state index in [0.717, 1.165) is 15.7 Å². The normalized spacial score (nSPS) is 11.6. The zero-order valence-electron chi connectivity index (χ0n) is 19.1. The summed E-state index contributed by atoms with van der Waals surface area (Å²) in [5.41, 5.74) is 1.88. The Labute approximate surface area is 209 Å². The van der Waals surface area contributed by atoms with Gasteiger partial charge >= 0.3 is 0 Å². The van der Waals surface area contributed by atoms with Gasteiger partial charge < -0.3 is 4.90 Å². The Hall–Kier alpha value is -3.96. The Morgan fingerprint density at radius 3 is 1.97 bits per heavy atom. The highest BCUT2D eigenvalue weighted by Crippen LogP contribution is 2.20. The maximum Gasteiger partial charge on any atom is 0.254 e. The number of hydrogen-bond acceptors (Lipinski definition) is 3. The van der Waals surface area contributed by atoms with Gasteiger partial charge in [0.05, 0.1) is 5.02 Å². The molecule has 0 N–H and O–H groups in total. The SMILES string of the molecule is O=C(c1ccccc1)[C@H](C(=O)N(CCc1ccccc1)Cc1ccccc1)n1cc(Cl)ccc1=O. The van der Waals surface area contributed by atoms with Crippen LogP contribution in [0.3, 0.4) is 0 Å². The third-order valence-electron chi connectivity index (χ3n) is 5.76. The Kier molecular flexibility index (Phi) is 7.91. The van der Waals surface area contributed by atoms with Crippen molar-refractivity contribution in [3.8, 4) is 0 Å². The van der Waals surface area contributed by atoms with Crippen LogP contribution in [0.2, 0.25) is 5.02 Å². The minimum atomic E-state index is -1.37. The number of carbonyl (C=O) groups excluding carboxylic acids is 2. The van der Waals surface area contributed by atoms with Crippen molar-refractivity contribution < 1.29 is 9.59 Å². The second-order valence-electron chi connectivity index (χ2n) is 8.21. The van der Waals surface area contributed by atoms with Crippen molar-refractivity contribution >= 4 is 23.3 Å². The first-order valence-electron chi connectivity index (χ1n) is 11.4. The average Bonchev–Trinajstić information content (AvgIpc) is 2.90. The van der Waals surface area contributed by atoms with Crippen LogP contribution in [0.4, 0.5) is 0 Å². The topological polar surface area (TPSA) is 59.4 Å². The molecule has 1 amide bonds. The van der Waals surface area contributed by atoms with Gasteiger partial charge in [-0.05, 0) is 23.6 Å². The van der Waals surface area contributed by atoms with Crippen molar-refractivity contribution in [1.82, 2.24) is 9.47 Å². The van der Waals surface area contributed by atoms with Crippen LogP contribution in [-0.2, 0) is 17.8 Å². The molecule has 0 radical (unpaired) electrons. The van der Waals surface area contributed by atoms with E-state index in [2.05, 4.69) is 0 Å². The predicted molar refractivity (Wildman–Crippen MR) is 138 cm³/mol. The molecule has 0 saturated carbocycles. The van der Waals surface area contributed by atoms with Gasteiger partial charge in [0.1, 0.15) is 0 Å². The fourth-order valence-electron chi connectivity index (χ4n) is 3.95. The van der Waals surface area contributed by atoms with Crippen LogP contribution in [0.15, 0.2) is 114 Å². The van der Waals surface area contributed by atoms with E-state index in [0.29, 0.717) is 25.1 Å². The molecule has 5 nitrogen and oxygen atoms in total. The van der Waals surface area contributed by atoms with Crippen molar-refractivity contribution in [3.05, 3.63) is 141 Å². The van der Waals surface area contributed by atoms with Gasteiger partial charge in [-0.2, -0.15) is 0 Å². The van der Waals surface area contributed by atoms with E-state index in [1.165, 1.54) is 18.3 Å². The predicted octanol–water partition coefficient (Wildman–Crippen LogP) is 5.20. The van der Waals surface area contributed by atoms with Crippen LogP contribution in [0, 0.1) is 0 Å². The van der Waals surface area contributed by atoms with Crippen LogP contribution >= 0.6 is 11.6 Å². The summed E-state index contributed by atoms with van der Waals surface area (Å²) in [6.07, 6.45) is 1.96. The van der Waals surface area contributed by atoms with Gasteiger partial charge in [-0.1, -0.05) is 103 Å². The number of aromatic nitrogens is 1. The third kappa shape index (κ3) is 6.14. The zero-order chi connectivity index (χ0) is 24.6. The molecule has 176 valence electrons. The number of amides is 1. The lowest BCUT2D eigenvalue weighted by Gasteiger charge is -2.28. The summed E-state index contributed by atoms with van der Waals surface area (Å²) in [5.74, 6) is -0.916. The summed E-state index contributed by atoms with van der Waals surface area (Å²) in [6.45, 7) is 0.687. The summed E-state index contributed by atoms with van der Waals surface area (Å²) in [7, 11) is 0. The van der Waals surface area contributed by atoms with Crippen molar-refractivity contribution in [2.24, 2.45) is 0 Å². The van der Waals surface area contributed by atoms with Gasteiger partial charge in [-0.25, -0.2) is 0 Å². The number of benzene rings is 3. The number of halogens is 1. The minimum absolute atomic E-state index is 0.266. The van der Waals surface area contributed by atoms with Gasteiger partial charge in [-0.15, -0.1) is 0 Å². The maximum atomic E-state index is 14.1. The Bertz CT molecular complexity index is 1340. The molecule has 0 aliphatic carbocycles. The summed E-state index contributed by atoms with van der Waals surface area (Å²) >= 11 is 6.17. The first kappa shape index (κ1) is 24.2. The number of carbonyl (C=O) groups is 2. The molecule has 35 heavy (non-hydrogen) atoms. The molecule has 4 aromatic rings. The van der Waals surface area contributed by atoms with Crippen molar-refractivity contribution in [3.63, 3.8) is 0 Å². The van der Waals surface area contributed by atoms with E-state index >= 15 is 0 Å². The van der Waals surface area contributed by atoms with E-state index in [-0.39, 0.29) is 5.02 Å². The number of pyridine rings is 1. The van der Waals surface area contributed by atoms with Crippen LogP contribution in [0.25, 0.3) is 0 Å². The number of Topliss-reactive ketones (excluding diaryl/α,β-unsaturated/α-hetero) is 1. The molecule has 0 bridgehead atoms. The lowest BCUT2D eigenvalue weighted by molar-refractivity contribution is -0.134. The third-order valence-corrected chi connectivity index (χ3v) is 5.99. The standard InChI is InChI=1S/C29H25ClN2O3/c30-25-16-17-26(33)32(21-25)27(28(34)24-14-8-3-9-15-24)29(35)31(20-23-12-6-2-7-13-23)19-18-22-10-4-1-5-11-22/h1-17,21,27H,18-20H2/t27-/m1/s1. The second kappa shape index (κ2) is 11.4. The van der Waals surface area contributed by atoms with Gasteiger partial charge in [0.25, 0.3) is 11.5 Å². The lowest BCUT2D eigenvalue weighted by atomic mass is 10.0. The first-order valence-corrected chi connectivity index (χ1v) is 11.7. The highest BCUT2D eigenvalue weighted by atomic mass is 35.5. The minimum Gasteiger partial charge on any atom is -0.336 e.